The van der Waals surface area contributed by atoms with Gasteiger partial charge in [-0.05, 0) is 42.6 Å². The summed E-state index contributed by atoms with van der Waals surface area (Å²) in [5, 5.41) is 1.18. The van der Waals surface area contributed by atoms with Crippen molar-refractivity contribution in [1.29, 1.82) is 0 Å². The first-order valence-corrected chi connectivity index (χ1v) is 7.46. The van der Waals surface area contributed by atoms with Crippen LogP contribution in [0, 0.1) is 11.3 Å². The molecule has 0 spiro atoms. The molecule has 1 atom stereocenters. The summed E-state index contributed by atoms with van der Waals surface area (Å²) in [6.45, 7) is 4.48. The predicted molar refractivity (Wildman–Crippen MR) is 71.3 cm³/mol. The lowest BCUT2D eigenvalue weighted by Crippen LogP contribution is -2.28. The minimum atomic E-state index is -0.783. The van der Waals surface area contributed by atoms with E-state index in [-0.39, 0.29) is 11.3 Å². The number of amides is 1. The number of nitrogens with zero attached hydrogens (tertiary/aromatic N) is 1. The molecule has 110 valence electrons. The van der Waals surface area contributed by atoms with Crippen LogP contribution in [0.4, 0.5) is 4.79 Å². The van der Waals surface area contributed by atoms with Crippen LogP contribution < -0.4 is 0 Å². The van der Waals surface area contributed by atoms with E-state index in [1.165, 1.54) is 23.5 Å². The van der Waals surface area contributed by atoms with Crippen LogP contribution in [0.2, 0.25) is 0 Å². The molecule has 2 saturated carbocycles. The molecular weight excluding hydrogens is 258 g/mol. The summed E-state index contributed by atoms with van der Waals surface area (Å²) in [7, 11) is 0. The third-order valence-corrected chi connectivity index (χ3v) is 4.57. The van der Waals surface area contributed by atoms with Crippen LogP contribution in [0.5, 0.6) is 0 Å². The van der Waals surface area contributed by atoms with E-state index in [4.69, 9.17) is 9.57 Å². The first-order chi connectivity index (χ1) is 9.56. The molecule has 5 heteroatoms. The lowest BCUT2D eigenvalue weighted by atomic mass is 10.0. The number of allylic oxidation sites excluding steroid dienone is 2. The van der Waals surface area contributed by atoms with Gasteiger partial charge in [-0.3, -0.25) is 9.63 Å². The average molecular weight is 279 g/mol. The van der Waals surface area contributed by atoms with E-state index in [9.17, 15) is 9.59 Å². The van der Waals surface area contributed by atoms with Gasteiger partial charge in [0.05, 0.1) is 12.3 Å². The number of carbonyl (C=O) groups is 2. The van der Waals surface area contributed by atoms with E-state index in [1.807, 2.05) is 6.92 Å². The minimum absolute atomic E-state index is 0.147. The highest BCUT2D eigenvalue weighted by Crippen LogP contribution is 2.66. The van der Waals surface area contributed by atoms with Crippen molar-refractivity contribution in [2.75, 3.05) is 6.61 Å². The zero-order chi connectivity index (χ0) is 14.3. The Morgan fingerprint density at radius 1 is 1.40 bits per heavy atom. The summed E-state index contributed by atoms with van der Waals surface area (Å²) < 4.78 is 4.88. The van der Waals surface area contributed by atoms with Gasteiger partial charge in [-0.1, -0.05) is 13.8 Å². The highest BCUT2D eigenvalue weighted by molar-refractivity contribution is 5.82. The summed E-state index contributed by atoms with van der Waals surface area (Å²) in [6, 6.07) is 0. The number of hydrogen-bond acceptors (Lipinski definition) is 4. The fourth-order valence-corrected chi connectivity index (χ4v) is 3.11. The molecule has 0 aromatic heterocycles. The Labute approximate surface area is 118 Å². The van der Waals surface area contributed by atoms with E-state index >= 15 is 0 Å². The first kappa shape index (κ1) is 13.5. The molecular formula is C15H21NO4. The molecule has 5 nitrogen and oxygen atoms in total. The lowest BCUT2D eigenvalue weighted by molar-refractivity contribution is -0.158. The number of hydrogen-bond donors (Lipinski definition) is 0. The molecule has 3 rings (SSSR count). The van der Waals surface area contributed by atoms with Crippen molar-refractivity contribution >= 4 is 12.1 Å². The number of hydroxylamine groups is 2. The Bertz CT molecular complexity index is 480. The summed E-state index contributed by atoms with van der Waals surface area (Å²) in [5.74, 6) is 0.612. The molecule has 1 aliphatic heterocycles. The van der Waals surface area contributed by atoms with Gasteiger partial charge in [-0.25, -0.2) is 4.79 Å². The Balaban J connectivity index is 1.70. The quantitative estimate of drug-likeness (QED) is 0.742. The van der Waals surface area contributed by atoms with Gasteiger partial charge in [0.15, 0.2) is 0 Å². The fourth-order valence-electron chi connectivity index (χ4n) is 3.11. The van der Waals surface area contributed by atoms with Crippen LogP contribution in [-0.2, 0) is 14.4 Å². The Morgan fingerprint density at radius 3 is 2.80 bits per heavy atom. The number of ether oxygens (including phenoxy) is 1. The predicted octanol–water partition coefficient (Wildman–Crippen LogP) is 3.16. The molecule has 1 amide bonds. The molecule has 0 aromatic carbocycles. The zero-order valence-electron chi connectivity index (χ0n) is 12.1. The smallest absolute Gasteiger partial charge is 0.433 e. The van der Waals surface area contributed by atoms with Crippen molar-refractivity contribution in [3.63, 3.8) is 0 Å². The monoisotopic (exact) mass is 279 g/mol. The summed E-state index contributed by atoms with van der Waals surface area (Å²) in [4.78, 5) is 28.5. The Hall–Kier alpha value is -1.52. The van der Waals surface area contributed by atoms with Crippen LogP contribution in [0.1, 0.15) is 52.4 Å². The normalized spacial score (nSPS) is 32.5. The van der Waals surface area contributed by atoms with E-state index in [0.29, 0.717) is 19.4 Å². The van der Waals surface area contributed by atoms with Gasteiger partial charge in [0.25, 0.3) is 5.91 Å². The third kappa shape index (κ3) is 2.30. The molecule has 1 unspecified atom stereocenters. The van der Waals surface area contributed by atoms with Gasteiger partial charge < -0.3 is 4.74 Å². The molecule has 0 bridgehead atoms. The maximum atomic E-state index is 11.9. The van der Waals surface area contributed by atoms with E-state index < -0.39 is 6.16 Å². The van der Waals surface area contributed by atoms with Gasteiger partial charge in [-0.15, -0.1) is 5.06 Å². The standard InChI is InChI=1S/C15H21NO4/c1-3-8-19-14(18)20-16-12(6-7-13(16)17)11-9-15(11,2)10-4-5-10/h10H,3-9H2,1-2H3/b12-11-. The second-order valence-corrected chi connectivity index (χ2v) is 6.17. The summed E-state index contributed by atoms with van der Waals surface area (Å²) in [6.07, 6.45) is 4.63. The molecule has 0 aromatic rings. The molecule has 1 saturated heterocycles. The second-order valence-electron chi connectivity index (χ2n) is 6.17. The molecule has 3 fully saturated rings. The third-order valence-electron chi connectivity index (χ3n) is 4.57. The van der Waals surface area contributed by atoms with Crippen LogP contribution in [-0.4, -0.2) is 23.7 Å². The number of rotatable bonds is 4. The fraction of sp³-hybridized carbons (Fsp3) is 0.733. The summed E-state index contributed by atoms with van der Waals surface area (Å²) >= 11 is 0. The van der Waals surface area contributed by atoms with E-state index in [1.54, 1.807) is 0 Å². The maximum absolute atomic E-state index is 11.9. The minimum Gasteiger partial charge on any atom is -0.433 e. The van der Waals surface area contributed by atoms with Gasteiger partial charge >= 0.3 is 6.16 Å². The molecule has 0 radical (unpaired) electrons. The van der Waals surface area contributed by atoms with Crippen molar-refractivity contribution in [2.45, 2.75) is 52.4 Å². The highest BCUT2D eigenvalue weighted by atomic mass is 16.8. The van der Waals surface area contributed by atoms with Crippen LogP contribution in [0.25, 0.3) is 0 Å². The highest BCUT2D eigenvalue weighted by Gasteiger charge is 2.57. The largest absolute Gasteiger partial charge is 0.533 e. The van der Waals surface area contributed by atoms with Crippen molar-refractivity contribution in [1.82, 2.24) is 5.06 Å². The SMILES string of the molecule is CCCOC(=O)ON1C(=O)CC/C1=C1\CC1(C)C1CC1. The van der Waals surface area contributed by atoms with Crippen molar-refractivity contribution < 1.29 is 19.2 Å². The van der Waals surface area contributed by atoms with Crippen molar-refractivity contribution in [3.05, 3.63) is 11.3 Å². The Kier molecular flexibility index (Phi) is 3.22. The van der Waals surface area contributed by atoms with Gasteiger partial charge in [0.2, 0.25) is 0 Å². The van der Waals surface area contributed by atoms with E-state index in [2.05, 4.69) is 6.92 Å². The molecule has 3 aliphatic rings. The zero-order valence-corrected chi connectivity index (χ0v) is 12.1. The van der Waals surface area contributed by atoms with Gasteiger partial charge in [-0.2, -0.15) is 0 Å². The first-order valence-electron chi connectivity index (χ1n) is 7.46. The lowest BCUT2D eigenvalue weighted by Gasteiger charge is -2.17. The summed E-state index contributed by atoms with van der Waals surface area (Å²) in [5.41, 5.74) is 2.45. The van der Waals surface area contributed by atoms with Crippen LogP contribution >= 0.6 is 0 Å². The van der Waals surface area contributed by atoms with Crippen LogP contribution in [0.15, 0.2) is 11.3 Å². The van der Waals surface area contributed by atoms with Crippen LogP contribution in [0.3, 0.4) is 0 Å². The molecule has 20 heavy (non-hydrogen) atoms. The molecule has 2 aliphatic carbocycles. The second kappa shape index (κ2) is 4.79. The van der Waals surface area contributed by atoms with Gasteiger partial charge in [0.1, 0.15) is 0 Å². The van der Waals surface area contributed by atoms with Crippen molar-refractivity contribution in [3.8, 4) is 0 Å². The van der Waals surface area contributed by atoms with E-state index in [0.717, 1.165) is 24.5 Å². The topological polar surface area (TPSA) is 55.8 Å². The number of carbonyl (C=O) groups excluding carboxylic acids is 2. The maximum Gasteiger partial charge on any atom is 0.533 e. The molecule has 0 N–H and O–H groups in total. The molecule has 1 heterocycles. The Morgan fingerprint density at radius 2 is 2.15 bits per heavy atom. The average Bonchev–Trinajstić information content (AvgIpc) is 3.31. The van der Waals surface area contributed by atoms with Crippen molar-refractivity contribution in [2.24, 2.45) is 11.3 Å². The van der Waals surface area contributed by atoms with Gasteiger partial charge in [0, 0.05) is 12.8 Å².